The Morgan fingerprint density at radius 3 is 2.26 bits per heavy atom. The number of nitrogens with zero attached hydrogens (tertiary/aromatic N) is 5. The van der Waals surface area contributed by atoms with Crippen molar-refractivity contribution in [3.8, 4) is 22.6 Å². The Morgan fingerprint density at radius 1 is 1.03 bits per heavy atom. The molecule has 1 atom stereocenters. The first-order chi connectivity index (χ1) is 15.8. The molecule has 4 rings (SSSR count). The van der Waals surface area contributed by atoms with Crippen LogP contribution in [-0.4, -0.2) is 41.7 Å². The quantitative estimate of drug-likeness (QED) is 0.447. The van der Waals surface area contributed by atoms with Crippen molar-refractivity contribution in [3.05, 3.63) is 64.8 Å². The van der Waals surface area contributed by atoms with E-state index in [9.17, 15) is 36.2 Å². The molecular formula is C21H15F6N5O2. The molecule has 0 saturated heterocycles. The van der Waals surface area contributed by atoms with Gasteiger partial charge in [0.15, 0.2) is 6.10 Å². The summed E-state index contributed by atoms with van der Waals surface area (Å²) in [5, 5.41) is 13.4. The second-order valence-corrected chi connectivity index (χ2v) is 7.47. The fourth-order valence-electron chi connectivity index (χ4n) is 3.32. The fourth-order valence-corrected chi connectivity index (χ4v) is 3.32. The number of fused-ring (bicyclic) bond motifs is 1. The predicted octanol–water partition coefficient (Wildman–Crippen LogP) is 3.80. The van der Waals surface area contributed by atoms with E-state index < -0.39 is 36.1 Å². The average Bonchev–Trinajstić information content (AvgIpc) is 3.20. The highest BCUT2D eigenvalue weighted by atomic mass is 19.4. The molecule has 0 aliphatic heterocycles. The van der Waals surface area contributed by atoms with Crippen LogP contribution in [0, 0.1) is 0 Å². The van der Waals surface area contributed by atoms with Gasteiger partial charge in [0.25, 0.3) is 5.56 Å². The van der Waals surface area contributed by atoms with Crippen LogP contribution >= 0.6 is 0 Å². The zero-order valence-electron chi connectivity index (χ0n) is 17.3. The third kappa shape index (κ3) is 4.51. The van der Waals surface area contributed by atoms with Crippen molar-refractivity contribution >= 4 is 10.9 Å². The van der Waals surface area contributed by atoms with E-state index in [-0.39, 0.29) is 33.5 Å². The zero-order chi connectivity index (χ0) is 24.8. The van der Waals surface area contributed by atoms with Crippen LogP contribution in [0.25, 0.3) is 33.5 Å². The largest absolute Gasteiger partial charge is 0.416 e. The van der Waals surface area contributed by atoms with Gasteiger partial charge in [-0.25, -0.2) is 4.98 Å². The summed E-state index contributed by atoms with van der Waals surface area (Å²) in [7, 11) is 1.56. The maximum Gasteiger partial charge on any atom is 0.416 e. The summed E-state index contributed by atoms with van der Waals surface area (Å²) in [6.45, 7) is -1.12. The molecule has 3 heterocycles. The van der Waals surface area contributed by atoms with Crippen LogP contribution in [0.15, 0.2) is 53.7 Å². The van der Waals surface area contributed by atoms with Crippen LogP contribution in [0.4, 0.5) is 26.3 Å². The molecule has 7 nitrogen and oxygen atoms in total. The molecule has 0 spiro atoms. The van der Waals surface area contributed by atoms with E-state index in [4.69, 9.17) is 0 Å². The van der Waals surface area contributed by atoms with Gasteiger partial charge in [-0.3, -0.25) is 19.0 Å². The monoisotopic (exact) mass is 483 g/mol. The van der Waals surface area contributed by atoms with Crippen LogP contribution < -0.4 is 5.56 Å². The number of aliphatic hydroxyl groups is 1. The third-order valence-electron chi connectivity index (χ3n) is 5.04. The number of aromatic nitrogens is 5. The Morgan fingerprint density at radius 2 is 1.71 bits per heavy atom. The lowest BCUT2D eigenvalue weighted by Crippen LogP contribution is -2.37. The molecule has 1 unspecified atom stereocenters. The molecule has 0 saturated carbocycles. The van der Waals surface area contributed by atoms with E-state index in [1.54, 1.807) is 7.05 Å². The lowest BCUT2D eigenvalue weighted by atomic mass is 10.1. The van der Waals surface area contributed by atoms with Crippen molar-refractivity contribution in [2.45, 2.75) is 25.0 Å². The Kier molecular flexibility index (Phi) is 5.67. The van der Waals surface area contributed by atoms with E-state index in [0.29, 0.717) is 4.57 Å². The maximum atomic E-state index is 13.2. The highest BCUT2D eigenvalue weighted by Crippen LogP contribution is 2.31. The van der Waals surface area contributed by atoms with Gasteiger partial charge in [-0.2, -0.15) is 31.4 Å². The van der Waals surface area contributed by atoms with Crippen molar-refractivity contribution in [1.29, 1.82) is 0 Å². The van der Waals surface area contributed by atoms with Crippen LogP contribution in [0.1, 0.15) is 5.56 Å². The zero-order valence-corrected chi connectivity index (χ0v) is 17.3. The number of rotatable bonds is 4. The molecule has 1 N–H and O–H groups in total. The van der Waals surface area contributed by atoms with E-state index >= 15 is 0 Å². The number of benzene rings is 1. The van der Waals surface area contributed by atoms with Gasteiger partial charge in [-0.1, -0.05) is 12.1 Å². The van der Waals surface area contributed by atoms with Crippen molar-refractivity contribution in [2.75, 3.05) is 0 Å². The summed E-state index contributed by atoms with van der Waals surface area (Å²) < 4.78 is 79.6. The highest BCUT2D eigenvalue weighted by Gasteiger charge is 2.39. The van der Waals surface area contributed by atoms with Gasteiger partial charge in [-0.15, -0.1) is 0 Å². The molecule has 178 valence electrons. The molecule has 0 radical (unpaired) electrons. The van der Waals surface area contributed by atoms with Gasteiger partial charge >= 0.3 is 12.4 Å². The number of pyridine rings is 1. The van der Waals surface area contributed by atoms with E-state index in [2.05, 4.69) is 15.1 Å². The minimum atomic E-state index is -4.98. The predicted molar refractivity (Wildman–Crippen MR) is 108 cm³/mol. The second-order valence-electron chi connectivity index (χ2n) is 7.47. The highest BCUT2D eigenvalue weighted by molar-refractivity contribution is 5.83. The summed E-state index contributed by atoms with van der Waals surface area (Å²) in [6.07, 6.45) is -8.41. The van der Waals surface area contributed by atoms with E-state index in [1.165, 1.54) is 41.5 Å². The first kappa shape index (κ1) is 23.4. The Balaban J connectivity index is 1.87. The van der Waals surface area contributed by atoms with Crippen LogP contribution in [0.2, 0.25) is 0 Å². The van der Waals surface area contributed by atoms with Gasteiger partial charge in [0.2, 0.25) is 0 Å². The minimum Gasteiger partial charge on any atom is -0.382 e. The first-order valence-electron chi connectivity index (χ1n) is 9.66. The number of halogens is 6. The van der Waals surface area contributed by atoms with E-state index in [1.807, 2.05) is 0 Å². The topological polar surface area (TPSA) is 85.8 Å². The molecule has 0 bridgehead atoms. The van der Waals surface area contributed by atoms with Crippen LogP contribution in [0.3, 0.4) is 0 Å². The molecule has 34 heavy (non-hydrogen) atoms. The van der Waals surface area contributed by atoms with Gasteiger partial charge in [-0.05, 0) is 18.2 Å². The van der Waals surface area contributed by atoms with Crippen molar-refractivity contribution in [3.63, 3.8) is 0 Å². The summed E-state index contributed by atoms with van der Waals surface area (Å²) >= 11 is 0. The number of hydrogen-bond donors (Lipinski definition) is 1. The molecule has 0 aliphatic carbocycles. The Labute approximate surface area is 186 Å². The van der Waals surface area contributed by atoms with Crippen LogP contribution in [-0.2, 0) is 19.8 Å². The lowest BCUT2D eigenvalue weighted by molar-refractivity contribution is -0.207. The molecular weight excluding hydrogens is 468 g/mol. The minimum absolute atomic E-state index is 0.0530. The smallest absolute Gasteiger partial charge is 0.382 e. The first-order valence-corrected chi connectivity index (χ1v) is 9.66. The standard InChI is InChI=1S/C21H15F6N5O2/c1-31-9-12(7-29-31)18-30-16-8-28-15(11-2-4-13(5-3-11)20(22,23)24)6-14(16)19(34)32(18)10-17(33)21(25,26)27/h2-9,17,33H,10H2,1H3. The second kappa shape index (κ2) is 8.24. The van der Waals surface area contributed by atoms with Crippen molar-refractivity contribution in [2.24, 2.45) is 7.05 Å². The van der Waals surface area contributed by atoms with E-state index in [0.717, 1.165) is 12.1 Å². The molecule has 0 fully saturated rings. The number of alkyl halides is 6. The SMILES string of the molecule is Cn1cc(-c2nc3cnc(-c4ccc(C(F)(F)F)cc4)cc3c(=O)n2CC(O)C(F)(F)F)cn1. The molecule has 4 aromatic rings. The van der Waals surface area contributed by atoms with Gasteiger partial charge in [0.05, 0.1) is 46.7 Å². The average molecular weight is 483 g/mol. The maximum absolute atomic E-state index is 13.2. The third-order valence-corrected chi connectivity index (χ3v) is 5.04. The normalized spacial score (nSPS) is 13.4. The van der Waals surface area contributed by atoms with Gasteiger partial charge in [0, 0.05) is 18.8 Å². The van der Waals surface area contributed by atoms with Crippen molar-refractivity contribution < 1.29 is 31.4 Å². The number of hydrogen-bond acceptors (Lipinski definition) is 5. The lowest BCUT2D eigenvalue weighted by Gasteiger charge is -2.18. The molecule has 0 aliphatic rings. The van der Waals surface area contributed by atoms with Crippen LogP contribution in [0.5, 0.6) is 0 Å². The summed E-state index contributed by atoms with van der Waals surface area (Å²) in [4.78, 5) is 21.6. The molecule has 13 heteroatoms. The summed E-state index contributed by atoms with van der Waals surface area (Å²) in [6, 6.07) is 5.27. The molecule has 1 aromatic carbocycles. The summed E-state index contributed by atoms with van der Waals surface area (Å²) in [5.74, 6) is -0.155. The Hall–Kier alpha value is -3.74. The van der Waals surface area contributed by atoms with Gasteiger partial charge < -0.3 is 5.11 Å². The van der Waals surface area contributed by atoms with Gasteiger partial charge in [0.1, 0.15) is 5.82 Å². The number of aliphatic hydroxyl groups excluding tert-OH is 1. The number of aryl methyl sites for hydroxylation is 1. The summed E-state index contributed by atoms with van der Waals surface area (Å²) in [5.41, 5.74) is -1.09. The fraction of sp³-hybridized carbons (Fsp3) is 0.238. The molecule has 3 aromatic heterocycles. The molecule has 0 amide bonds. The Bertz CT molecular complexity index is 1410. The van der Waals surface area contributed by atoms with Crippen molar-refractivity contribution in [1.82, 2.24) is 24.3 Å².